The number of hydrogen-bond donors (Lipinski definition) is 0. The molecule has 3 heteroatoms. The molecular formula is C19H30N2O. The van der Waals surface area contributed by atoms with Crippen molar-refractivity contribution in [1.82, 2.24) is 4.90 Å². The average molecular weight is 302 g/mol. The van der Waals surface area contributed by atoms with Crippen molar-refractivity contribution in [2.75, 3.05) is 31.1 Å². The summed E-state index contributed by atoms with van der Waals surface area (Å²) >= 11 is 0. The second kappa shape index (κ2) is 7.36. The normalized spacial score (nSPS) is 21.3. The Morgan fingerprint density at radius 2 is 1.55 bits per heavy atom. The van der Waals surface area contributed by atoms with E-state index < -0.39 is 0 Å². The topological polar surface area (TPSA) is 15.7 Å². The first kappa shape index (κ1) is 15.7. The molecule has 2 saturated heterocycles. The van der Waals surface area contributed by atoms with E-state index in [1.165, 1.54) is 38.0 Å². The van der Waals surface area contributed by atoms with Gasteiger partial charge >= 0.3 is 0 Å². The Kier molecular flexibility index (Phi) is 5.24. The Hall–Kier alpha value is -1.22. The molecule has 2 fully saturated rings. The van der Waals surface area contributed by atoms with Gasteiger partial charge < -0.3 is 14.5 Å². The van der Waals surface area contributed by atoms with E-state index in [2.05, 4.69) is 47.9 Å². The highest BCUT2D eigenvalue weighted by Gasteiger charge is 2.22. The van der Waals surface area contributed by atoms with Crippen molar-refractivity contribution in [1.29, 1.82) is 0 Å². The van der Waals surface area contributed by atoms with Crippen LogP contribution in [0.4, 0.5) is 5.69 Å². The number of piperidine rings is 2. The highest BCUT2D eigenvalue weighted by molar-refractivity contribution is 5.49. The van der Waals surface area contributed by atoms with E-state index in [1.54, 1.807) is 0 Å². The molecule has 0 atom stereocenters. The summed E-state index contributed by atoms with van der Waals surface area (Å²) in [5.74, 6) is 1.03. The van der Waals surface area contributed by atoms with Gasteiger partial charge in [0.1, 0.15) is 11.9 Å². The van der Waals surface area contributed by atoms with Crippen molar-refractivity contribution in [3.8, 4) is 5.75 Å². The molecule has 0 amide bonds. The van der Waals surface area contributed by atoms with E-state index in [9.17, 15) is 0 Å². The highest BCUT2D eigenvalue weighted by Crippen LogP contribution is 2.25. The van der Waals surface area contributed by atoms with Crippen molar-refractivity contribution in [3.63, 3.8) is 0 Å². The fourth-order valence-corrected chi connectivity index (χ4v) is 3.59. The van der Waals surface area contributed by atoms with Gasteiger partial charge in [0, 0.05) is 37.9 Å². The predicted molar refractivity (Wildman–Crippen MR) is 92.9 cm³/mol. The number of ether oxygens (including phenoxy) is 1. The molecule has 0 spiro atoms. The van der Waals surface area contributed by atoms with Gasteiger partial charge in [0.2, 0.25) is 0 Å². The molecule has 1 aromatic rings. The van der Waals surface area contributed by atoms with E-state index in [0.29, 0.717) is 12.1 Å². The molecule has 0 unspecified atom stereocenters. The van der Waals surface area contributed by atoms with E-state index in [-0.39, 0.29) is 0 Å². The van der Waals surface area contributed by atoms with E-state index in [1.807, 2.05) is 0 Å². The minimum atomic E-state index is 0.385. The zero-order valence-corrected chi connectivity index (χ0v) is 14.1. The first-order valence-electron chi connectivity index (χ1n) is 8.98. The number of benzene rings is 1. The van der Waals surface area contributed by atoms with Gasteiger partial charge in [-0.15, -0.1) is 0 Å². The largest absolute Gasteiger partial charge is 0.490 e. The second-order valence-electron chi connectivity index (χ2n) is 6.99. The van der Waals surface area contributed by atoms with Crippen molar-refractivity contribution in [3.05, 3.63) is 24.3 Å². The van der Waals surface area contributed by atoms with Crippen LogP contribution < -0.4 is 9.64 Å². The van der Waals surface area contributed by atoms with Crippen LogP contribution in [0.5, 0.6) is 5.75 Å². The second-order valence-corrected chi connectivity index (χ2v) is 6.99. The third kappa shape index (κ3) is 3.95. The van der Waals surface area contributed by atoms with Crippen LogP contribution in [0.3, 0.4) is 0 Å². The third-order valence-corrected chi connectivity index (χ3v) is 5.07. The molecule has 0 saturated carbocycles. The number of anilines is 1. The Bertz CT molecular complexity index is 443. The van der Waals surface area contributed by atoms with Crippen LogP contribution in [0.1, 0.15) is 46.0 Å². The average Bonchev–Trinajstić information content (AvgIpc) is 2.57. The van der Waals surface area contributed by atoms with Crippen molar-refractivity contribution in [2.24, 2.45) is 0 Å². The van der Waals surface area contributed by atoms with Crippen molar-refractivity contribution in [2.45, 2.75) is 58.1 Å². The Morgan fingerprint density at radius 1 is 0.909 bits per heavy atom. The van der Waals surface area contributed by atoms with Crippen LogP contribution in [0.2, 0.25) is 0 Å². The van der Waals surface area contributed by atoms with Gasteiger partial charge in [-0.1, -0.05) is 0 Å². The van der Waals surface area contributed by atoms with Crippen LogP contribution in [-0.2, 0) is 0 Å². The number of nitrogens with zero attached hydrogens (tertiary/aromatic N) is 2. The maximum absolute atomic E-state index is 6.18. The number of likely N-dealkylation sites (tertiary alicyclic amines) is 1. The predicted octanol–water partition coefficient (Wildman–Crippen LogP) is 3.93. The van der Waals surface area contributed by atoms with Crippen LogP contribution >= 0.6 is 0 Å². The van der Waals surface area contributed by atoms with E-state index in [0.717, 1.165) is 31.7 Å². The van der Waals surface area contributed by atoms with Gasteiger partial charge in [-0.05, 0) is 70.2 Å². The van der Waals surface area contributed by atoms with Gasteiger partial charge in [0.25, 0.3) is 0 Å². The van der Waals surface area contributed by atoms with Gasteiger partial charge in [0.15, 0.2) is 0 Å². The Balaban J connectivity index is 1.51. The lowest BCUT2D eigenvalue weighted by Crippen LogP contribution is -2.41. The van der Waals surface area contributed by atoms with Crippen LogP contribution in [0.15, 0.2) is 24.3 Å². The first-order chi connectivity index (χ1) is 10.7. The summed E-state index contributed by atoms with van der Waals surface area (Å²) in [6, 6.07) is 9.41. The molecule has 0 radical (unpaired) electrons. The zero-order chi connectivity index (χ0) is 15.4. The SMILES string of the molecule is CC(C)N1CCC(Oc2ccc(N3CCCCC3)cc2)CC1. The quantitative estimate of drug-likeness (QED) is 0.838. The van der Waals surface area contributed by atoms with Crippen LogP contribution in [0, 0.1) is 0 Å². The summed E-state index contributed by atoms with van der Waals surface area (Å²) in [4.78, 5) is 5.04. The molecule has 2 aliphatic heterocycles. The molecule has 22 heavy (non-hydrogen) atoms. The number of rotatable bonds is 4. The summed E-state index contributed by atoms with van der Waals surface area (Å²) < 4.78 is 6.18. The fraction of sp³-hybridized carbons (Fsp3) is 0.684. The fourth-order valence-electron chi connectivity index (χ4n) is 3.59. The molecule has 0 N–H and O–H groups in total. The minimum Gasteiger partial charge on any atom is -0.490 e. The van der Waals surface area contributed by atoms with Crippen LogP contribution in [0.25, 0.3) is 0 Å². The molecule has 122 valence electrons. The van der Waals surface area contributed by atoms with E-state index in [4.69, 9.17) is 4.74 Å². The molecule has 2 aliphatic rings. The first-order valence-corrected chi connectivity index (χ1v) is 8.98. The summed E-state index contributed by atoms with van der Waals surface area (Å²) in [6.45, 7) is 9.28. The maximum Gasteiger partial charge on any atom is 0.119 e. The number of hydrogen-bond acceptors (Lipinski definition) is 3. The lowest BCUT2D eigenvalue weighted by molar-refractivity contribution is 0.0843. The van der Waals surface area contributed by atoms with Crippen LogP contribution in [-0.4, -0.2) is 43.2 Å². The molecule has 0 bridgehead atoms. The summed E-state index contributed by atoms with van der Waals surface area (Å²) in [5, 5.41) is 0. The monoisotopic (exact) mass is 302 g/mol. The molecule has 3 rings (SSSR count). The van der Waals surface area contributed by atoms with Gasteiger partial charge in [-0.2, -0.15) is 0 Å². The lowest BCUT2D eigenvalue weighted by atomic mass is 10.1. The van der Waals surface area contributed by atoms with Crippen molar-refractivity contribution < 1.29 is 4.74 Å². The molecule has 2 heterocycles. The molecule has 1 aromatic carbocycles. The third-order valence-electron chi connectivity index (χ3n) is 5.07. The lowest BCUT2D eigenvalue weighted by Gasteiger charge is -2.34. The van der Waals surface area contributed by atoms with Crippen molar-refractivity contribution >= 4 is 5.69 Å². The van der Waals surface area contributed by atoms with Gasteiger partial charge in [0.05, 0.1) is 0 Å². The Labute approximate surface area is 135 Å². The highest BCUT2D eigenvalue weighted by atomic mass is 16.5. The zero-order valence-electron chi connectivity index (χ0n) is 14.1. The summed E-state index contributed by atoms with van der Waals surface area (Å²) in [7, 11) is 0. The minimum absolute atomic E-state index is 0.385. The standard InChI is InChI=1S/C19H30N2O/c1-16(2)20-14-10-19(11-15-20)22-18-8-6-17(7-9-18)21-12-4-3-5-13-21/h6-9,16,19H,3-5,10-15H2,1-2H3. The maximum atomic E-state index is 6.18. The molecule has 0 aromatic heterocycles. The molecule has 0 aliphatic carbocycles. The molecule has 3 nitrogen and oxygen atoms in total. The van der Waals surface area contributed by atoms with Gasteiger partial charge in [-0.25, -0.2) is 0 Å². The van der Waals surface area contributed by atoms with E-state index >= 15 is 0 Å². The van der Waals surface area contributed by atoms with Gasteiger partial charge in [-0.3, -0.25) is 0 Å². The molecular weight excluding hydrogens is 272 g/mol. The smallest absolute Gasteiger partial charge is 0.119 e. The summed E-state index contributed by atoms with van der Waals surface area (Å²) in [6.07, 6.45) is 6.71. The summed E-state index contributed by atoms with van der Waals surface area (Å²) in [5.41, 5.74) is 1.35. The Morgan fingerprint density at radius 3 is 2.14 bits per heavy atom.